The van der Waals surface area contributed by atoms with Crippen LogP contribution in [0.4, 0.5) is 0 Å². The van der Waals surface area contributed by atoms with Gasteiger partial charge in [-0.1, -0.05) is 0 Å². The first kappa shape index (κ1) is 9.68. The van der Waals surface area contributed by atoms with Crippen LogP contribution in [0.25, 0.3) is 0 Å². The number of nitrogens with one attached hydrogen (secondary N) is 1. The highest BCUT2D eigenvalue weighted by molar-refractivity contribution is 5.76. The van der Waals surface area contributed by atoms with Crippen LogP contribution in [0.15, 0.2) is 0 Å². The Morgan fingerprint density at radius 2 is 2.08 bits per heavy atom. The van der Waals surface area contributed by atoms with E-state index >= 15 is 0 Å². The summed E-state index contributed by atoms with van der Waals surface area (Å²) < 4.78 is 0. The molecule has 0 aliphatic carbocycles. The lowest BCUT2D eigenvalue weighted by molar-refractivity contribution is -0.118. The van der Waals surface area contributed by atoms with Gasteiger partial charge in [0.25, 0.3) is 0 Å². The average Bonchev–Trinajstić information content (AvgIpc) is 2.05. The quantitative estimate of drug-likeness (QED) is 0.659. The number of piperazine rings is 1. The minimum atomic E-state index is 0.293. The monoisotopic (exact) mass is 170 g/mol. The molecule has 0 radical (unpaired) electrons. The maximum Gasteiger partial charge on any atom is 0.131 e. The molecule has 70 valence electrons. The Kier molecular flexibility index (Phi) is 3.69. The third kappa shape index (κ3) is 2.91. The van der Waals surface area contributed by atoms with Crippen LogP contribution in [0.1, 0.15) is 20.3 Å². The second-order valence-electron chi connectivity index (χ2n) is 3.54. The van der Waals surface area contributed by atoms with Crippen molar-refractivity contribution in [3.8, 4) is 0 Å². The van der Waals surface area contributed by atoms with Crippen LogP contribution in [-0.4, -0.2) is 42.9 Å². The number of Topliss-reactive ketones (excluding diaryl/α,β-unsaturated/α-hetero) is 1. The summed E-state index contributed by atoms with van der Waals surface area (Å²) in [6.45, 7) is 8.07. The van der Waals surface area contributed by atoms with Gasteiger partial charge in [-0.15, -0.1) is 0 Å². The number of hydrogen-bond acceptors (Lipinski definition) is 3. The molecule has 1 heterocycles. The van der Waals surface area contributed by atoms with Crippen molar-refractivity contribution in [1.29, 1.82) is 0 Å². The van der Waals surface area contributed by atoms with E-state index in [0.29, 0.717) is 18.2 Å². The van der Waals surface area contributed by atoms with E-state index in [-0.39, 0.29) is 0 Å². The number of nitrogens with zero attached hydrogens (tertiary/aromatic N) is 1. The van der Waals surface area contributed by atoms with Crippen molar-refractivity contribution in [2.45, 2.75) is 26.3 Å². The van der Waals surface area contributed by atoms with Gasteiger partial charge in [0.15, 0.2) is 0 Å². The minimum absolute atomic E-state index is 0.293. The maximum absolute atomic E-state index is 10.9. The summed E-state index contributed by atoms with van der Waals surface area (Å²) in [6.07, 6.45) is 0.694. The van der Waals surface area contributed by atoms with Crippen LogP contribution >= 0.6 is 0 Å². The number of ketones is 1. The third-order valence-corrected chi connectivity index (χ3v) is 2.36. The maximum atomic E-state index is 10.9. The molecule has 0 bridgehead atoms. The van der Waals surface area contributed by atoms with Crippen LogP contribution in [0, 0.1) is 0 Å². The van der Waals surface area contributed by atoms with Crippen molar-refractivity contribution in [2.24, 2.45) is 0 Å². The molecule has 1 saturated heterocycles. The van der Waals surface area contributed by atoms with E-state index in [1.54, 1.807) is 6.92 Å². The minimum Gasteiger partial charge on any atom is -0.314 e. The Morgan fingerprint density at radius 3 is 2.58 bits per heavy atom. The normalized spacial score (nSPS) is 22.2. The third-order valence-electron chi connectivity index (χ3n) is 2.36. The molecule has 1 aliphatic rings. The van der Waals surface area contributed by atoms with E-state index in [4.69, 9.17) is 0 Å². The van der Waals surface area contributed by atoms with Crippen molar-refractivity contribution >= 4 is 5.78 Å². The smallest absolute Gasteiger partial charge is 0.131 e. The first-order valence-corrected chi connectivity index (χ1v) is 4.64. The predicted octanol–water partition coefficient (Wildman–Crippen LogP) is 0.259. The molecule has 3 heteroatoms. The molecular weight excluding hydrogens is 152 g/mol. The molecule has 0 aromatic rings. The standard InChI is InChI=1S/C9H18N2O/c1-8(7-9(2)12)11-5-3-10-4-6-11/h8,10H,3-7H2,1-2H3. The second-order valence-corrected chi connectivity index (χ2v) is 3.54. The van der Waals surface area contributed by atoms with Crippen molar-refractivity contribution in [1.82, 2.24) is 10.2 Å². The SMILES string of the molecule is CC(=O)CC(C)N1CCNCC1. The highest BCUT2D eigenvalue weighted by Gasteiger charge is 2.16. The van der Waals surface area contributed by atoms with E-state index in [1.165, 1.54) is 0 Å². The van der Waals surface area contributed by atoms with Crippen LogP contribution in [-0.2, 0) is 4.79 Å². The molecule has 1 aliphatic heterocycles. The molecule has 0 amide bonds. The van der Waals surface area contributed by atoms with Gasteiger partial charge in [-0.25, -0.2) is 0 Å². The lowest BCUT2D eigenvalue weighted by Gasteiger charge is -2.32. The van der Waals surface area contributed by atoms with E-state index in [1.807, 2.05) is 0 Å². The Bertz CT molecular complexity index is 153. The molecule has 12 heavy (non-hydrogen) atoms. The van der Waals surface area contributed by atoms with Gasteiger partial charge in [0.2, 0.25) is 0 Å². The van der Waals surface area contributed by atoms with E-state index in [2.05, 4.69) is 17.1 Å². The first-order valence-electron chi connectivity index (χ1n) is 4.64. The van der Waals surface area contributed by atoms with Crippen molar-refractivity contribution in [3.63, 3.8) is 0 Å². The Morgan fingerprint density at radius 1 is 1.50 bits per heavy atom. The molecule has 0 saturated carbocycles. The first-order chi connectivity index (χ1) is 5.70. The van der Waals surface area contributed by atoms with E-state index < -0.39 is 0 Å². The van der Waals surface area contributed by atoms with Crippen LogP contribution in [0.5, 0.6) is 0 Å². The zero-order valence-corrected chi connectivity index (χ0v) is 7.97. The Labute approximate surface area is 74.1 Å². The molecule has 0 spiro atoms. The fourth-order valence-corrected chi connectivity index (χ4v) is 1.67. The predicted molar refractivity (Wildman–Crippen MR) is 49.2 cm³/mol. The average molecular weight is 170 g/mol. The topological polar surface area (TPSA) is 32.3 Å². The highest BCUT2D eigenvalue weighted by Crippen LogP contribution is 2.04. The number of hydrogen-bond donors (Lipinski definition) is 1. The molecule has 0 aromatic heterocycles. The molecule has 3 nitrogen and oxygen atoms in total. The van der Waals surface area contributed by atoms with Crippen molar-refractivity contribution in [3.05, 3.63) is 0 Å². The van der Waals surface area contributed by atoms with E-state index in [0.717, 1.165) is 26.2 Å². The number of carbonyl (C=O) groups excluding carboxylic acids is 1. The second kappa shape index (κ2) is 4.58. The zero-order chi connectivity index (χ0) is 8.97. The molecule has 1 atom stereocenters. The van der Waals surface area contributed by atoms with Gasteiger partial charge in [0.05, 0.1) is 0 Å². The summed E-state index contributed by atoms with van der Waals surface area (Å²) >= 11 is 0. The van der Waals surface area contributed by atoms with Crippen LogP contribution in [0.2, 0.25) is 0 Å². The summed E-state index contributed by atoms with van der Waals surface area (Å²) in [5, 5.41) is 3.30. The van der Waals surface area contributed by atoms with Gasteiger partial charge in [0.1, 0.15) is 5.78 Å². The largest absolute Gasteiger partial charge is 0.314 e. The van der Waals surface area contributed by atoms with Gasteiger partial charge >= 0.3 is 0 Å². The molecule has 1 rings (SSSR count). The lowest BCUT2D eigenvalue weighted by Crippen LogP contribution is -2.47. The number of rotatable bonds is 3. The Balaban J connectivity index is 2.29. The van der Waals surface area contributed by atoms with Crippen LogP contribution < -0.4 is 5.32 Å². The van der Waals surface area contributed by atoms with Gasteiger partial charge in [-0.05, 0) is 13.8 Å². The van der Waals surface area contributed by atoms with Gasteiger partial charge < -0.3 is 5.32 Å². The zero-order valence-electron chi connectivity index (χ0n) is 7.97. The fourth-order valence-electron chi connectivity index (χ4n) is 1.67. The van der Waals surface area contributed by atoms with E-state index in [9.17, 15) is 4.79 Å². The summed E-state index contributed by atoms with van der Waals surface area (Å²) in [6, 6.07) is 0.421. The van der Waals surface area contributed by atoms with Crippen molar-refractivity contribution in [2.75, 3.05) is 26.2 Å². The fraction of sp³-hybridized carbons (Fsp3) is 0.889. The van der Waals surface area contributed by atoms with Gasteiger partial charge in [-0.3, -0.25) is 9.69 Å². The molecule has 1 fully saturated rings. The Hall–Kier alpha value is -0.410. The molecular formula is C9H18N2O. The summed E-state index contributed by atoms with van der Waals surface area (Å²) in [5.41, 5.74) is 0. The van der Waals surface area contributed by atoms with Gasteiger partial charge in [-0.2, -0.15) is 0 Å². The van der Waals surface area contributed by atoms with Crippen molar-refractivity contribution < 1.29 is 4.79 Å². The summed E-state index contributed by atoms with van der Waals surface area (Å²) in [5.74, 6) is 0.293. The molecule has 0 aromatic carbocycles. The summed E-state index contributed by atoms with van der Waals surface area (Å²) in [7, 11) is 0. The summed E-state index contributed by atoms with van der Waals surface area (Å²) in [4.78, 5) is 13.2. The number of carbonyl (C=O) groups is 1. The highest BCUT2D eigenvalue weighted by atomic mass is 16.1. The van der Waals surface area contributed by atoms with Crippen LogP contribution in [0.3, 0.4) is 0 Å². The van der Waals surface area contributed by atoms with Gasteiger partial charge in [0, 0.05) is 38.6 Å². The lowest BCUT2D eigenvalue weighted by atomic mass is 10.1. The molecule has 1 unspecified atom stereocenters. The molecule has 1 N–H and O–H groups in total.